The van der Waals surface area contributed by atoms with Crippen LogP contribution >= 0.6 is 33.2 Å². The maximum absolute atomic E-state index is 5.90. The van der Waals surface area contributed by atoms with Crippen LogP contribution in [0, 0.1) is 0 Å². The van der Waals surface area contributed by atoms with E-state index in [4.69, 9.17) is 32.4 Å². The quantitative estimate of drug-likeness (QED) is 0.754. The third-order valence-corrected chi connectivity index (χ3v) is 4.08. The highest BCUT2D eigenvalue weighted by atomic mass is 35.5. The van der Waals surface area contributed by atoms with Crippen LogP contribution in [0.5, 0.6) is 11.7 Å². The van der Waals surface area contributed by atoms with Gasteiger partial charge in [-0.15, -0.1) is 0 Å². The number of hydrogen-bond donors (Lipinski definition) is 0. The van der Waals surface area contributed by atoms with E-state index >= 15 is 0 Å². The normalized spacial score (nSPS) is 12.5. The van der Waals surface area contributed by atoms with Crippen molar-refractivity contribution in [2.24, 2.45) is 0 Å². The van der Waals surface area contributed by atoms with Crippen molar-refractivity contribution in [3.8, 4) is 11.7 Å². The fourth-order valence-corrected chi connectivity index (χ4v) is 2.71. The van der Waals surface area contributed by atoms with Crippen LogP contribution in [-0.2, 0) is 0 Å². The third kappa shape index (κ3) is 3.37. The summed E-state index contributed by atoms with van der Waals surface area (Å²) in [6.45, 7) is 0. The average molecular weight is 305 g/mol. The Balaban J connectivity index is 2.21. The zero-order valence-corrected chi connectivity index (χ0v) is 12.7. The minimum atomic E-state index is -0.889. The van der Waals surface area contributed by atoms with Crippen molar-refractivity contribution in [3.05, 3.63) is 40.4 Å². The van der Waals surface area contributed by atoms with Crippen LogP contribution in [0.4, 0.5) is 0 Å². The summed E-state index contributed by atoms with van der Waals surface area (Å²) >= 11 is 11.8. The van der Waals surface area contributed by atoms with Crippen molar-refractivity contribution < 1.29 is 9.15 Å². The van der Waals surface area contributed by atoms with Crippen LogP contribution in [0.2, 0.25) is 10.0 Å². The Bertz CT molecular complexity index is 538. The van der Waals surface area contributed by atoms with Crippen LogP contribution < -0.4 is 4.74 Å². The Labute approximate surface area is 118 Å². The van der Waals surface area contributed by atoms with E-state index in [0.29, 0.717) is 21.7 Å². The van der Waals surface area contributed by atoms with Gasteiger partial charge < -0.3 is 9.15 Å². The molecule has 0 bridgehead atoms. The molecular formula is C13H14Cl2O2S. The Kier molecular flexibility index (Phi) is 3.85. The summed E-state index contributed by atoms with van der Waals surface area (Å²) in [5.41, 5.74) is 0. The molecule has 2 aromatic rings. The fraction of sp³-hybridized carbons (Fsp3) is 0.231. The lowest BCUT2D eigenvalue weighted by Crippen LogP contribution is -1.89. The van der Waals surface area contributed by atoms with Crippen molar-refractivity contribution in [2.75, 3.05) is 18.8 Å². The second kappa shape index (κ2) is 5.08. The zero-order chi connectivity index (χ0) is 13.3. The Hall–Kier alpha value is -0.770. The lowest BCUT2D eigenvalue weighted by Gasteiger charge is -2.21. The smallest absolute Gasteiger partial charge is 0.290 e. The standard InChI is InChI=1S/C13H14Cl2O2S/c1-18(2,3)13-5-4-12(17-13)16-11-7-9(14)6-10(15)8-11/h4-8H,1-3H3. The summed E-state index contributed by atoms with van der Waals surface area (Å²) in [6, 6.07) is 8.79. The number of rotatable bonds is 3. The van der Waals surface area contributed by atoms with E-state index in [2.05, 4.69) is 18.8 Å². The van der Waals surface area contributed by atoms with Gasteiger partial charge in [-0.3, -0.25) is 0 Å². The lowest BCUT2D eigenvalue weighted by atomic mass is 10.3. The lowest BCUT2D eigenvalue weighted by molar-refractivity contribution is 0.313. The first kappa shape index (κ1) is 13.7. The molecule has 1 heterocycles. The van der Waals surface area contributed by atoms with E-state index in [1.165, 1.54) is 0 Å². The van der Waals surface area contributed by atoms with Gasteiger partial charge in [0.25, 0.3) is 5.95 Å². The van der Waals surface area contributed by atoms with Gasteiger partial charge in [-0.2, -0.15) is 10.0 Å². The maximum atomic E-state index is 5.90. The largest absolute Gasteiger partial charge is 0.426 e. The van der Waals surface area contributed by atoms with Crippen molar-refractivity contribution in [3.63, 3.8) is 0 Å². The summed E-state index contributed by atoms with van der Waals surface area (Å²) in [5, 5.41) is 2.02. The highest BCUT2D eigenvalue weighted by Crippen LogP contribution is 2.47. The highest BCUT2D eigenvalue weighted by molar-refractivity contribution is 8.32. The molecule has 0 radical (unpaired) electrons. The van der Waals surface area contributed by atoms with Crippen LogP contribution in [0.3, 0.4) is 0 Å². The molecular weight excluding hydrogens is 291 g/mol. The minimum absolute atomic E-state index is 0.450. The number of halogens is 2. The van der Waals surface area contributed by atoms with Gasteiger partial charge in [0.2, 0.25) is 0 Å². The van der Waals surface area contributed by atoms with Gasteiger partial charge in [0.1, 0.15) is 10.8 Å². The molecule has 0 N–H and O–H groups in total. The molecule has 0 aliphatic heterocycles. The Morgan fingerprint density at radius 1 is 1.00 bits per heavy atom. The molecule has 2 nitrogen and oxygen atoms in total. The van der Waals surface area contributed by atoms with Crippen molar-refractivity contribution >= 4 is 33.2 Å². The topological polar surface area (TPSA) is 22.4 Å². The number of hydrogen-bond acceptors (Lipinski definition) is 2. The molecule has 0 fully saturated rings. The Morgan fingerprint density at radius 3 is 2.11 bits per heavy atom. The van der Waals surface area contributed by atoms with Gasteiger partial charge in [-0.1, -0.05) is 23.2 Å². The SMILES string of the molecule is CS(C)(C)c1ccc(Oc2cc(Cl)cc(Cl)c2)o1. The molecule has 5 heteroatoms. The third-order valence-electron chi connectivity index (χ3n) is 2.21. The van der Waals surface area contributed by atoms with Crippen molar-refractivity contribution in [1.82, 2.24) is 0 Å². The summed E-state index contributed by atoms with van der Waals surface area (Å²) in [7, 11) is -0.889. The molecule has 0 aliphatic rings. The summed E-state index contributed by atoms with van der Waals surface area (Å²) < 4.78 is 11.3. The predicted molar refractivity (Wildman–Crippen MR) is 78.9 cm³/mol. The molecule has 98 valence electrons. The number of benzene rings is 1. The van der Waals surface area contributed by atoms with Crippen LogP contribution in [-0.4, -0.2) is 18.8 Å². The fourth-order valence-electron chi connectivity index (χ4n) is 1.39. The van der Waals surface area contributed by atoms with Gasteiger partial charge >= 0.3 is 0 Å². The molecule has 0 unspecified atom stereocenters. The maximum Gasteiger partial charge on any atom is 0.290 e. The van der Waals surface area contributed by atoms with Gasteiger partial charge in [-0.05, 0) is 43.0 Å². The molecule has 0 saturated heterocycles. The number of ether oxygens (including phenoxy) is 1. The van der Waals surface area contributed by atoms with Gasteiger partial charge in [-0.25, -0.2) is 0 Å². The molecule has 0 atom stereocenters. The minimum Gasteiger partial charge on any atom is -0.426 e. The Morgan fingerprint density at radius 2 is 1.61 bits per heavy atom. The van der Waals surface area contributed by atoms with Gasteiger partial charge in [0.05, 0.1) is 0 Å². The average Bonchev–Trinajstić information content (AvgIpc) is 2.63. The van der Waals surface area contributed by atoms with E-state index < -0.39 is 10.0 Å². The van der Waals surface area contributed by atoms with E-state index in [1.807, 2.05) is 12.1 Å². The summed E-state index contributed by atoms with van der Waals surface area (Å²) in [4.78, 5) is 0. The first-order valence-electron chi connectivity index (χ1n) is 5.27. The molecule has 18 heavy (non-hydrogen) atoms. The van der Waals surface area contributed by atoms with Crippen LogP contribution in [0.1, 0.15) is 0 Å². The van der Waals surface area contributed by atoms with Crippen molar-refractivity contribution in [1.29, 1.82) is 0 Å². The second-order valence-electron chi connectivity index (χ2n) is 4.62. The summed E-state index contributed by atoms with van der Waals surface area (Å²) in [5.74, 6) is 1.02. The predicted octanol–water partition coefficient (Wildman–Crippen LogP) is 5.43. The van der Waals surface area contributed by atoms with Gasteiger partial charge in [0.15, 0.2) is 0 Å². The highest BCUT2D eigenvalue weighted by Gasteiger charge is 2.14. The zero-order valence-electron chi connectivity index (χ0n) is 10.4. The van der Waals surface area contributed by atoms with Crippen LogP contribution in [0.15, 0.2) is 39.8 Å². The molecule has 0 saturated carbocycles. The first-order valence-corrected chi connectivity index (χ1v) is 8.88. The van der Waals surface area contributed by atoms with E-state index in [0.717, 1.165) is 5.09 Å². The van der Waals surface area contributed by atoms with E-state index in [-0.39, 0.29) is 0 Å². The van der Waals surface area contributed by atoms with Gasteiger partial charge in [0, 0.05) is 16.1 Å². The molecule has 0 spiro atoms. The summed E-state index contributed by atoms with van der Waals surface area (Å²) in [6.07, 6.45) is 6.48. The molecule has 0 amide bonds. The molecule has 1 aromatic heterocycles. The monoisotopic (exact) mass is 304 g/mol. The first-order chi connectivity index (χ1) is 8.34. The van der Waals surface area contributed by atoms with E-state index in [1.54, 1.807) is 18.2 Å². The molecule has 0 aliphatic carbocycles. The molecule has 2 rings (SSSR count). The number of furan rings is 1. The van der Waals surface area contributed by atoms with E-state index in [9.17, 15) is 0 Å². The molecule has 1 aromatic carbocycles. The van der Waals surface area contributed by atoms with Crippen molar-refractivity contribution in [2.45, 2.75) is 5.09 Å². The second-order valence-corrected chi connectivity index (χ2v) is 9.57. The van der Waals surface area contributed by atoms with Crippen LogP contribution in [0.25, 0.3) is 0 Å².